The van der Waals surface area contributed by atoms with E-state index >= 15 is 0 Å². The molecule has 0 amide bonds. The van der Waals surface area contributed by atoms with Crippen LogP contribution in [0.1, 0.15) is 54.5 Å². The van der Waals surface area contributed by atoms with E-state index in [1.54, 1.807) is 0 Å². The van der Waals surface area contributed by atoms with Gasteiger partial charge in [-0.3, -0.25) is 4.90 Å². The Hall–Kier alpha value is -1.43. The van der Waals surface area contributed by atoms with Crippen molar-refractivity contribution in [2.24, 2.45) is 0 Å². The summed E-state index contributed by atoms with van der Waals surface area (Å²) in [6.07, 6.45) is 7.33. The van der Waals surface area contributed by atoms with Gasteiger partial charge in [-0.05, 0) is 38.3 Å². The Kier molecular flexibility index (Phi) is 4.92. The maximum absolute atomic E-state index is 6.68. The second-order valence-electron chi connectivity index (χ2n) is 7.85. The first-order valence-corrected chi connectivity index (χ1v) is 11.3. The Morgan fingerprint density at radius 1 is 1.07 bits per heavy atom. The first kappa shape index (κ1) is 17.7. The van der Waals surface area contributed by atoms with Gasteiger partial charge in [0.1, 0.15) is 11.6 Å². The van der Waals surface area contributed by atoms with Crippen molar-refractivity contribution >= 4 is 33.0 Å². The fraction of sp³-hybridized carbons (Fsp3) is 0.524. The quantitative estimate of drug-likeness (QED) is 0.601. The molecule has 2 aromatic heterocycles. The second kappa shape index (κ2) is 7.53. The lowest BCUT2D eigenvalue weighted by Crippen LogP contribution is -2.34. The van der Waals surface area contributed by atoms with Crippen LogP contribution >= 0.6 is 22.9 Å². The summed E-state index contributed by atoms with van der Waals surface area (Å²) < 4.78 is 3.71. The van der Waals surface area contributed by atoms with Crippen molar-refractivity contribution in [1.29, 1.82) is 0 Å². The number of aryl methyl sites for hydroxylation is 1. The summed E-state index contributed by atoms with van der Waals surface area (Å²) in [4.78, 5) is 3.85. The zero-order valence-electron chi connectivity index (χ0n) is 15.5. The van der Waals surface area contributed by atoms with Crippen LogP contribution in [0.4, 0.5) is 0 Å². The molecule has 0 N–H and O–H groups in total. The smallest absolute Gasteiger partial charge is 0.137 e. The molecule has 0 spiro atoms. The minimum atomic E-state index is 0.492. The van der Waals surface area contributed by atoms with Gasteiger partial charge < -0.3 is 4.57 Å². The molecule has 4 nitrogen and oxygen atoms in total. The SMILES string of the molecule is Clc1c(CN2CCCC(c3nnc4n3CCCCC4)C2)sc2ccccc12. The molecule has 6 heteroatoms. The molecule has 5 rings (SSSR count). The highest BCUT2D eigenvalue weighted by Crippen LogP contribution is 2.37. The summed E-state index contributed by atoms with van der Waals surface area (Å²) in [6, 6.07) is 8.45. The van der Waals surface area contributed by atoms with Gasteiger partial charge in [-0.15, -0.1) is 21.5 Å². The number of thiophene rings is 1. The number of hydrogen-bond donors (Lipinski definition) is 0. The molecular weight excluding hydrogens is 376 g/mol. The molecule has 2 aliphatic heterocycles. The zero-order valence-corrected chi connectivity index (χ0v) is 17.1. The maximum atomic E-state index is 6.68. The van der Waals surface area contributed by atoms with Crippen LogP contribution in [-0.2, 0) is 19.5 Å². The van der Waals surface area contributed by atoms with Crippen molar-refractivity contribution in [3.05, 3.63) is 45.8 Å². The Balaban J connectivity index is 1.35. The number of hydrogen-bond acceptors (Lipinski definition) is 4. The summed E-state index contributed by atoms with van der Waals surface area (Å²) in [5.41, 5.74) is 0. The van der Waals surface area contributed by atoms with Gasteiger partial charge in [0.15, 0.2) is 0 Å². The van der Waals surface area contributed by atoms with Crippen LogP contribution < -0.4 is 0 Å². The zero-order chi connectivity index (χ0) is 18.2. The molecule has 4 heterocycles. The highest BCUT2D eigenvalue weighted by atomic mass is 35.5. The molecule has 1 unspecified atom stereocenters. The first-order chi connectivity index (χ1) is 13.3. The van der Waals surface area contributed by atoms with Gasteiger partial charge in [0.2, 0.25) is 0 Å². The van der Waals surface area contributed by atoms with Gasteiger partial charge in [0, 0.05) is 46.9 Å². The minimum absolute atomic E-state index is 0.492. The van der Waals surface area contributed by atoms with Crippen LogP contribution in [0, 0.1) is 0 Å². The second-order valence-corrected chi connectivity index (χ2v) is 9.36. The summed E-state index contributed by atoms with van der Waals surface area (Å²) in [6.45, 7) is 4.23. The number of likely N-dealkylation sites (tertiary alicyclic amines) is 1. The van der Waals surface area contributed by atoms with Gasteiger partial charge >= 0.3 is 0 Å². The third-order valence-electron chi connectivity index (χ3n) is 5.98. The Labute approximate surface area is 169 Å². The third kappa shape index (κ3) is 3.41. The molecule has 0 bridgehead atoms. The molecule has 0 aliphatic carbocycles. The standard InChI is InChI=1S/C21H25ClN4S/c22-20-16-8-3-4-9-17(16)27-18(20)14-25-11-6-7-15(13-25)21-24-23-19-10-2-1-5-12-26(19)21/h3-4,8-9,15H,1-2,5-7,10-14H2. The molecule has 2 aliphatic rings. The van der Waals surface area contributed by atoms with E-state index in [-0.39, 0.29) is 0 Å². The lowest BCUT2D eigenvalue weighted by Gasteiger charge is -2.32. The number of nitrogens with zero attached hydrogens (tertiary/aromatic N) is 4. The Morgan fingerprint density at radius 3 is 2.93 bits per heavy atom. The van der Waals surface area contributed by atoms with E-state index < -0.39 is 0 Å². The van der Waals surface area contributed by atoms with E-state index in [0.29, 0.717) is 5.92 Å². The van der Waals surface area contributed by atoms with Crippen molar-refractivity contribution in [1.82, 2.24) is 19.7 Å². The number of rotatable bonds is 3. The van der Waals surface area contributed by atoms with Crippen LogP contribution in [0.3, 0.4) is 0 Å². The number of benzene rings is 1. The van der Waals surface area contributed by atoms with E-state index in [2.05, 4.69) is 43.9 Å². The molecule has 1 aromatic carbocycles. The van der Waals surface area contributed by atoms with Crippen LogP contribution in [0.25, 0.3) is 10.1 Å². The van der Waals surface area contributed by atoms with Gasteiger partial charge in [0.05, 0.1) is 5.02 Å². The van der Waals surface area contributed by atoms with Crippen LogP contribution in [0.2, 0.25) is 5.02 Å². The van der Waals surface area contributed by atoms with E-state index in [1.165, 1.54) is 58.7 Å². The van der Waals surface area contributed by atoms with Crippen LogP contribution in [-0.4, -0.2) is 32.8 Å². The van der Waals surface area contributed by atoms with Crippen LogP contribution in [0.5, 0.6) is 0 Å². The molecular formula is C21H25ClN4S. The van der Waals surface area contributed by atoms with Gasteiger partial charge in [-0.25, -0.2) is 0 Å². The number of piperidine rings is 1. The normalized spacial score (nSPS) is 21.3. The van der Waals surface area contributed by atoms with E-state index in [0.717, 1.165) is 37.6 Å². The first-order valence-electron chi connectivity index (χ1n) is 10.1. The molecule has 0 radical (unpaired) electrons. The van der Waals surface area contributed by atoms with E-state index in [9.17, 15) is 0 Å². The average molecular weight is 401 g/mol. The lowest BCUT2D eigenvalue weighted by atomic mass is 9.97. The molecule has 142 valence electrons. The molecule has 3 aromatic rings. The van der Waals surface area contributed by atoms with Crippen molar-refractivity contribution in [2.75, 3.05) is 13.1 Å². The monoisotopic (exact) mass is 400 g/mol. The molecule has 1 atom stereocenters. The molecule has 1 saturated heterocycles. The topological polar surface area (TPSA) is 34.0 Å². The highest BCUT2D eigenvalue weighted by molar-refractivity contribution is 7.19. The van der Waals surface area contributed by atoms with Gasteiger partial charge in [-0.1, -0.05) is 36.2 Å². The maximum Gasteiger partial charge on any atom is 0.137 e. The fourth-order valence-electron chi connectivity index (χ4n) is 4.59. The molecule has 27 heavy (non-hydrogen) atoms. The van der Waals surface area contributed by atoms with Crippen LogP contribution in [0.15, 0.2) is 24.3 Å². The predicted molar refractivity (Wildman–Crippen MR) is 112 cm³/mol. The number of fused-ring (bicyclic) bond motifs is 2. The summed E-state index contributed by atoms with van der Waals surface area (Å²) in [7, 11) is 0. The summed E-state index contributed by atoms with van der Waals surface area (Å²) >= 11 is 8.52. The van der Waals surface area contributed by atoms with Crippen molar-refractivity contribution < 1.29 is 0 Å². The summed E-state index contributed by atoms with van der Waals surface area (Å²) in [5, 5.41) is 11.3. The third-order valence-corrected chi connectivity index (χ3v) is 7.68. The fourth-order valence-corrected chi connectivity index (χ4v) is 6.12. The Bertz CT molecular complexity index is 947. The van der Waals surface area contributed by atoms with Gasteiger partial charge in [-0.2, -0.15) is 0 Å². The highest BCUT2D eigenvalue weighted by Gasteiger charge is 2.28. The van der Waals surface area contributed by atoms with Crippen molar-refractivity contribution in [2.45, 2.75) is 57.5 Å². The van der Waals surface area contributed by atoms with E-state index in [1.807, 2.05) is 11.3 Å². The molecule has 0 saturated carbocycles. The summed E-state index contributed by atoms with van der Waals surface area (Å²) in [5.74, 6) is 2.91. The average Bonchev–Trinajstić information content (AvgIpc) is 3.14. The van der Waals surface area contributed by atoms with Crippen molar-refractivity contribution in [3.8, 4) is 0 Å². The van der Waals surface area contributed by atoms with Gasteiger partial charge in [0.25, 0.3) is 0 Å². The predicted octanol–water partition coefficient (Wildman–Crippen LogP) is 5.25. The van der Waals surface area contributed by atoms with E-state index in [4.69, 9.17) is 11.6 Å². The Morgan fingerprint density at radius 2 is 2.00 bits per heavy atom. The lowest BCUT2D eigenvalue weighted by molar-refractivity contribution is 0.196. The largest absolute Gasteiger partial charge is 0.315 e. The molecule has 1 fully saturated rings. The minimum Gasteiger partial charge on any atom is -0.315 e. The van der Waals surface area contributed by atoms with Crippen molar-refractivity contribution in [3.63, 3.8) is 0 Å². The number of aromatic nitrogens is 3. The number of halogens is 1.